The molecule has 10 heteroatoms. The molecule has 0 aliphatic rings. The van der Waals surface area contributed by atoms with Gasteiger partial charge in [0.25, 0.3) is 5.69 Å². The summed E-state index contributed by atoms with van der Waals surface area (Å²) in [5, 5.41) is 22.9. The molecule has 4 aromatic rings. The molecule has 0 spiro atoms. The van der Waals surface area contributed by atoms with Gasteiger partial charge in [-0.3, -0.25) is 10.1 Å². The van der Waals surface area contributed by atoms with Crippen molar-refractivity contribution in [3.63, 3.8) is 0 Å². The molecule has 0 fully saturated rings. The summed E-state index contributed by atoms with van der Waals surface area (Å²) in [5.74, 6) is -0.159. The molecule has 0 unspecified atom stereocenters. The zero-order valence-electron chi connectivity index (χ0n) is 13.7. The van der Waals surface area contributed by atoms with Crippen LogP contribution in [0.2, 0.25) is 0 Å². The topological polar surface area (TPSA) is 113 Å². The molecule has 9 nitrogen and oxygen atoms in total. The molecule has 0 aliphatic carbocycles. The molecule has 0 saturated heterocycles. The summed E-state index contributed by atoms with van der Waals surface area (Å²) in [7, 11) is 0. The molecule has 134 valence electrons. The number of hydrogen-bond donors (Lipinski definition) is 0. The van der Waals surface area contributed by atoms with Gasteiger partial charge in [0.2, 0.25) is 0 Å². The van der Waals surface area contributed by atoms with Gasteiger partial charge in [-0.15, -0.1) is 16.4 Å². The fourth-order valence-electron chi connectivity index (χ4n) is 2.51. The van der Waals surface area contributed by atoms with E-state index < -0.39 is 10.9 Å². The number of fused-ring (bicyclic) bond motifs is 1. The zero-order valence-corrected chi connectivity index (χ0v) is 14.5. The molecule has 27 heavy (non-hydrogen) atoms. The normalized spacial score (nSPS) is 10.8. The number of rotatable bonds is 5. The number of nitro groups is 1. The van der Waals surface area contributed by atoms with E-state index >= 15 is 0 Å². The Hall–Kier alpha value is -3.66. The third-order valence-corrected chi connectivity index (χ3v) is 4.88. The number of ether oxygens (including phenoxy) is 1. The van der Waals surface area contributed by atoms with Gasteiger partial charge in [-0.05, 0) is 34.7 Å². The van der Waals surface area contributed by atoms with Crippen LogP contribution in [0.3, 0.4) is 0 Å². The number of non-ortho nitro benzene ring substituents is 1. The van der Waals surface area contributed by atoms with E-state index in [0.717, 1.165) is 10.4 Å². The van der Waals surface area contributed by atoms with Gasteiger partial charge in [0.15, 0.2) is 12.4 Å². The zero-order chi connectivity index (χ0) is 18.8. The van der Waals surface area contributed by atoms with Gasteiger partial charge in [0.1, 0.15) is 4.88 Å². The van der Waals surface area contributed by atoms with Crippen LogP contribution < -0.4 is 0 Å². The monoisotopic (exact) mass is 381 g/mol. The SMILES string of the molecule is O=C(OCc1nnnn1-c1ccccc1)c1cc2cc([N+](=O)[O-])ccc2s1. The minimum Gasteiger partial charge on any atom is -0.453 e. The molecule has 0 aliphatic heterocycles. The number of thiophene rings is 1. The Bertz CT molecular complexity index is 1140. The molecular formula is C17H11N5O4S. The molecule has 4 rings (SSSR count). The maximum Gasteiger partial charge on any atom is 0.348 e. The minimum absolute atomic E-state index is 0.0257. The Labute approximate surface area is 156 Å². The average molecular weight is 381 g/mol. The highest BCUT2D eigenvalue weighted by Crippen LogP contribution is 2.29. The Morgan fingerprint density at radius 3 is 2.78 bits per heavy atom. The smallest absolute Gasteiger partial charge is 0.348 e. The summed E-state index contributed by atoms with van der Waals surface area (Å²) in [4.78, 5) is 23.1. The molecular weight excluding hydrogens is 370 g/mol. The van der Waals surface area contributed by atoms with Crippen LogP contribution in [0.25, 0.3) is 15.8 Å². The van der Waals surface area contributed by atoms with Crippen LogP contribution >= 0.6 is 11.3 Å². The van der Waals surface area contributed by atoms with Crippen LogP contribution in [0.5, 0.6) is 0 Å². The molecule has 2 heterocycles. The first-order valence-corrected chi connectivity index (χ1v) is 8.61. The minimum atomic E-state index is -0.540. The van der Waals surface area contributed by atoms with E-state index in [9.17, 15) is 14.9 Å². The van der Waals surface area contributed by atoms with Gasteiger partial charge in [-0.2, -0.15) is 4.68 Å². The lowest BCUT2D eigenvalue weighted by Crippen LogP contribution is -2.09. The number of esters is 1. The maximum absolute atomic E-state index is 12.4. The highest BCUT2D eigenvalue weighted by Gasteiger charge is 2.16. The number of aromatic nitrogens is 4. The lowest BCUT2D eigenvalue weighted by molar-refractivity contribution is -0.384. The van der Waals surface area contributed by atoms with Gasteiger partial charge in [0, 0.05) is 22.2 Å². The van der Waals surface area contributed by atoms with Crippen LogP contribution in [-0.2, 0) is 11.3 Å². The van der Waals surface area contributed by atoms with Crippen molar-refractivity contribution in [2.24, 2.45) is 0 Å². The summed E-state index contributed by atoms with van der Waals surface area (Å²) >= 11 is 1.21. The van der Waals surface area contributed by atoms with E-state index in [-0.39, 0.29) is 12.3 Å². The lowest BCUT2D eigenvalue weighted by Gasteiger charge is -2.04. The number of nitrogens with zero attached hydrogens (tertiary/aromatic N) is 5. The molecule has 2 aromatic carbocycles. The summed E-state index contributed by atoms with van der Waals surface area (Å²) in [6.07, 6.45) is 0. The highest BCUT2D eigenvalue weighted by atomic mass is 32.1. The van der Waals surface area contributed by atoms with Crippen LogP contribution in [-0.4, -0.2) is 31.1 Å². The summed E-state index contributed by atoms with van der Waals surface area (Å²) in [6.45, 7) is -0.102. The molecule has 0 amide bonds. The number of hydrogen-bond acceptors (Lipinski definition) is 8. The number of tetrazole rings is 1. The highest BCUT2D eigenvalue weighted by molar-refractivity contribution is 7.20. The quantitative estimate of drug-likeness (QED) is 0.296. The molecule has 2 aromatic heterocycles. The van der Waals surface area contributed by atoms with E-state index in [1.807, 2.05) is 30.3 Å². The molecule has 0 N–H and O–H groups in total. The van der Waals surface area contributed by atoms with E-state index in [2.05, 4.69) is 15.5 Å². The largest absolute Gasteiger partial charge is 0.453 e. The predicted molar refractivity (Wildman–Crippen MR) is 96.8 cm³/mol. The predicted octanol–water partition coefficient (Wildman–Crippen LogP) is 3.14. The van der Waals surface area contributed by atoms with Crippen molar-refractivity contribution in [2.45, 2.75) is 6.61 Å². The number of benzene rings is 2. The van der Waals surface area contributed by atoms with E-state index in [1.165, 1.54) is 28.2 Å². The number of carbonyl (C=O) groups is 1. The van der Waals surface area contributed by atoms with Crippen molar-refractivity contribution in [3.05, 3.63) is 75.4 Å². The van der Waals surface area contributed by atoms with Crippen LogP contribution in [0, 0.1) is 10.1 Å². The van der Waals surface area contributed by atoms with Crippen molar-refractivity contribution in [1.82, 2.24) is 20.2 Å². The van der Waals surface area contributed by atoms with Crippen molar-refractivity contribution in [2.75, 3.05) is 0 Å². The first-order valence-electron chi connectivity index (χ1n) is 7.79. The van der Waals surface area contributed by atoms with Crippen molar-refractivity contribution in [3.8, 4) is 5.69 Å². The summed E-state index contributed by atoms with van der Waals surface area (Å²) in [6, 6.07) is 15.3. The molecule has 0 saturated carbocycles. The van der Waals surface area contributed by atoms with Gasteiger partial charge in [0.05, 0.1) is 10.6 Å². The van der Waals surface area contributed by atoms with Crippen molar-refractivity contribution < 1.29 is 14.5 Å². The van der Waals surface area contributed by atoms with Crippen LogP contribution in [0.1, 0.15) is 15.5 Å². The Morgan fingerprint density at radius 1 is 1.19 bits per heavy atom. The fraction of sp³-hybridized carbons (Fsp3) is 0.0588. The number of nitro benzene ring substituents is 1. The van der Waals surface area contributed by atoms with Crippen molar-refractivity contribution >= 4 is 33.1 Å². The number of para-hydroxylation sites is 1. The summed E-state index contributed by atoms with van der Waals surface area (Å²) in [5.41, 5.74) is 0.727. The maximum atomic E-state index is 12.4. The third kappa shape index (κ3) is 3.37. The lowest BCUT2D eigenvalue weighted by atomic mass is 10.2. The first kappa shape index (κ1) is 16.8. The Kier molecular flexibility index (Phi) is 4.30. The summed E-state index contributed by atoms with van der Waals surface area (Å²) < 4.78 is 7.57. The van der Waals surface area contributed by atoms with Crippen LogP contribution in [0.15, 0.2) is 54.6 Å². The molecule has 0 bridgehead atoms. The van der Waals surface area contributed by atoms with Gasteiger partial charge >= 0.3 is 5.97 Å². The molecule has 0 atom stereocenters. The second-order valence-electron chi connectivity index (χ2n) is 5.51. The first-order chi connectivity index (χ1) is 13.1. The van der Waals surface area contributed by atoms with Crippen molar-refractivity contribution in [1.29, 1.82) is 0 Å². The second-order valence-corrected chi connectivity index (χ2v) is 6.59. The fourth-order valence-corrected chi connectivity index (χ4v) is 3.45. The van der Waals surface area contributed by atoms with Gasteiger partial charge in [-0.1, -0.05) is 18.2 Å². The Morgan fingerprint density at radius 2 is 2.00 bits per heavy atom. The molecule has 0 radical (unpaired) electrons. The number of carbonyl (C=O) groups excluding carboxylic acids is 1. The van der Waals surface area contributed by atoms with Gasteiger partial charge in [-0.25, -0.2) is 4.79 Å². The third-order valence-electron chi connectivity index (χ3n) is 3.78. The van der Waals surface area contributed by atoms with E-state index in [1.54, 1.807) is 12.1 Å². The van der Waals surface area contributed by atoms with Gasteiger partial charge < -0.3 is 4.74 Å². The van der Waals surface area contributed by atoms with E-state index in [0.29, 0.717) is 16.1 Å². The van der Waals surface area contributed by atoms with Crippen LogP contribution in [0.4, 0.5) is 5.69 Å². The van der Waals surface area contributed by atoms with E-state index in [4.69, 9.17) is 4.74 Å². The average Bonchev–Trinajstić information content (AvgIpc) is 3.32. The standard InChI is InChI=1S/C17H11N5O4S/c23-17(15-9-11-8-13(22(24)25)6-7-14(11)27-15)26-10-16-18-19-20-21(16)12-4-2-1-3-5-12/h1-9H,10H2. The Balaban J connectivity index is 1.51. The second kappa shape index (κ2) is 6.92.